The molecule has 0 aliphatic carbocycles. The number of hydrogen-bond acceptors (Lipinski definition) is 5. The summed E-state index contributed by atoms with van der Waals surface area (Å²) < 4.78 is 6.46. The quantitative estimate of drug-likeness (QED) is 0.766. The molecule has 100 valence electrons. The molecule has 0 spiro atoms. The topological polar surface area (TPSA) is 69.9 Å². The minimum absolute atomic E-state index is 0.345. The highest BCUT2D eigenvalue weighted by molar-refractivity contribution is 5.88. The Morgan fingerprint density at radius 2 is 2.21 bits per heavy atom. The predicted molar refractivity (Wildman–Crippen MR) is 69.1 cm³/mol. The van der Waals surface area contributed by atoms with E-state index in [0.29, 0.717) is 18.0 Å². The number of hydrogen-bond donors (Lipinski definition) is 0. The van der Waals surface area contributed by atoms with Gasteiger partial charge in [-0.15, -0.1) is 0 Å². The number of carbonyl (C=O) groups excluding carboxylic acids is 1. The second kappa shape index (κ2) is 6.08. The maximum absolute atomic E-state index is 11.6. The summed E-state index contributed by atoms with van der Waals surface area (Å²) in [6, 6.07) is 1.87. The van der Waals surface area contributed by atoms with E-state index < -0.39 is 0 Å². The Morgan fingerprint density at radius 1 is 1.37 bits per heavy atom. The Labute approximate surface area is 111 Å². The van der Waals surface area contributed by atoms with Crippen molar-refractivity contribution in [3.63, 3.8) is 0 Å². The second-order valence-corrected chi connectivity index (χ2v) is 4.01. The molecule has 0 aromatic carbocycles. The van der Waals surface area contributed by atoms with Gasteiger partial charge in [-0.2, -0.15) is 5.10 Å². The Bertz CT molecular complexity index is 565. The first-order chi connectivity index (χ1) is 9.24. The summed E-state index contributed by atoms with van der Waals surface area (Å²) in [6.45, 7) is 4.20. The third-order valence-corrected chi connectivity index (χ3v) is 2.54. The van der Waals surface area contributed by atoms with Crippen molar-refractivity contribution in [1.29, 1.82) is 0 Å². The van der Waals surface area contributed by atoms with Crippen LogP contribution in [0.15, 0.2) is 24.8 Å². The summed E-state index contributed by atoms with van der Waals surface area (Å²) in [5.41, 5.74) is 1.37. The van der Waals surface area contributed by atoms with Crippen molar-refractivity contribution < 1.29 is 9.53 Å². The molecule has 0 saturated heterocycles. The molecule has 0 amide bonds. The van der Waals surface area contributed by atoms with Gasteiger partial charge in [0.1, 0.15) is 6.33 Å². The summed E-state index contributed by atoms with van der Waals surface area (Å²) >= 11 is 0. The van der Waals surface area contributed by atoms with E-state index in [4.69, 9.17) is 4.74 Å². The van der Waals surface area contributed by atoms with Crippen LogP contribution in [0.3, 0.4) is 0 Å². The first kappa shape index (κ1) is 13.2. The number of carbonyl (C=O) groups is 1. The molecule has 0 atom stereocenters. The second-order valence-electron chi connectivity index (χ2n) is 4.01. The van der Waals surface area contributed by atoms with Crippen LogP contribution in [-0.2, 0) is 11.2 Å². The molecule has 2 heterocycles. The van der Waals surface area contributed by atoms with Crippen LogP contribution in [0, 0.1) is 0 Å². The summed E-state index contributed by atoms with van der Waals surface area (Å²) in [5.74, 6) is 0.269. The average Bonchev–Trinajstić information content (AvgIpc) is 2.89. The molecule has 2 aromatic rings. The molecule has 0 fully saturated rings. The molecule has 0 bridgehead atoms. The van der Waals surface area contributed by atoms with Crippen LogP contribution in [0.1, 0.15) is 36.3 Å². The molecule has 0 aliphatic rings. The van der Waals surface area contributed by atoms with E-state index in [-0.39, 0.29) is 5.97 Å². The number of ether oxygens (including phenoxy) is 1. The molecule has 2 aromatic heterocycles. The van der Waals surface area contributed by atoms with Gasteiger partial charge >= 0.3 is 5.97 Å². The molecule has 2 rings (SSSR count). The van der Waals surface area contributed by atoms with E-state index in [0.717, 1.165) is 18.5 Å². The van der Waals surface area contributed by atoms with Crippen molar-refractivity contribution in [1.82, 2.24) is 19.7 Å². The lowest BCUT2D eigenvalue weighted by molar-refractivity contribution is 0.0526. The molecule has 0 unspecified atom stereocenters. The fourth-order valence-corrected chi connectivity index (χ4v) is 1.67. The highest BCUT2D eigenvalue weighted by Gasteiger charge is 2.10. The third-order valence-electron chi connectivity index (χ3n) is 2.54. The Morgan fingerprint density at radius 3 is 2.95 bits per heavy atom. The van der Waals surface area contributed by atoms with E-state index in [2.05, 4.69) is 22.0 Å². The summed E-state index contributed by atoms with van der Waals surface area (Å²) in [5, 5.41) is 4.12. The van der Waals surface area contributed by atoms with Crippen LogP contribution in [-0.4, -0.2) is 32.3 Å². The Balaban J connectivity index is 2.22. The number of rotatable bonds is 5. The maximum atomic E-state index is 11.6. The van der Waals surface area contributed by atoms with Crippen molar-refractivity contribution in [2.45, 2.75) is 26.7 Å². The van der Waals surface area contributed by atoms with Gasteiger partial charge in [0.2, 0.25) is 0 Å². The van der Waals surface area contributed by atoms with Gasteiger partial charge in [0.25, 0.3) is 0 Å². The normalized spacial score (nSPS) is 10.4. The van der Waals surface area contributed by atoms with Gasteiger partial charge in [0, 0.05) is 18.0 Å². The average molecular weight is 260 g/mol. The Hall–Kier alpha value is -2.24. The first-order valence-corrected chi connectivity index (χ1v) is 6.27. The lowest BCUT2D eigenvalue weighted by Gasteiger charge is -2.02. The first-order valence-electron chi connectivity index (χ1n) is 6.27. The molecule has 19 heavy (non-hydrogen) atoms. The van der Waals surface area contributed by atoms with Crippen LogP contribution in [0.25, 0.3) is 5.82 Å². The zero-order chi connectivity index (χ0) is 13.7. The Kier molecular flexibility index (Phi) is 4.22. The number of nitrogens with zero attached hydrogens (tertiary/aromatic N) is 4. The number of esters is 1. The van der Waals surface area contributed by atoms with E-state index in [1.807, 2.05) is 6.07 Å². The van der Waals surface area contributed by atoms with E-state index >= 15 is 0 Å². The SMILES string of the molecule is CCCc1cc(-n2cc(C(=O)OCC)cn2)ncn1. The van der Waals surface area contributed by atoms with Gasteiger partial charge in [-0.05, 0) is 13.3 Å². The summed E-state index contributed by atoms with van der Waals surface area (Å²) in [4.78, 5) is 19.9. The van der Waals surface area contributed by atoms with Crippen LogP contribution >= 0.6 is 0 Å². The van der Waals surface area contributed by atoms with Crippen molar-refractivity contribution in [2.75, 3.05) is 6.61 Å². The van der Waals surface area contributed by atoms with Crippen LogP contribution in [0.4, 0.5) is 0 Å². The molecular formula is C13H16N4O2. The molecule has 0 aliphatic heterocycles. The van der Waals surface area contributed by atoms with Gasteiger partial charge in [-0.3, -0.25) is 0 Å². The standard InChI is InChI=1S/C13H16N4O2/c1-3-5-11-6-12(15-9-14-11)17-8-10(7-16-17)13(18)19-4-2/h6-9H,3-5H2,1-2H3. The van der Waals surface area contributed by atoms with Crippen molar-refractivity contribution in [2.24, 2.45) is 0 Å². The predicted octanol–water partition coefficient (Wildman–Crippen LogP) is 1.79. The van der Waals surface area contributed by atoms with Gasteiger partial charge in [-0.1, -0.05) is 13.3 Å². The molecular weight excluding hydrogens is 244 g/mol. The van der Waals surface area contributed by atoms with Gasteiger partial charge in [-0.25, -0.2) is 19.4 Å². The molecule has 0 radical (unpaired) electrons. The van der Waals surface area contributed by atoms with Gasteiger partial charge in [0.05, 0.1) is 18.4 Å². The molecule has 0 N–H and O–H groups in total. The highest BCUT2D eigenvalue weighted by Crippen LogP contribution is 2.08. The van der Waals surface area contributed by atoms with E-state index in [1.165, 1.54) is 12.5 Å². The van der Waals surface area contributed by atoms with Crippen molar-refractivity contribution in [3.8, 4) is 5.82 Å². The van der Waals surface area contributed by atoms with Gasteiger partial charge < -0.3 is 4.74 Å². The summed E-state index contributed by atoms with van der Waals surface area (Å²) in [7, 11) is 0. The van der Waals surface area contributed by atoms with E-state index in [1.54, 1.807) is 17.8 Å². The molecule has 6 nitrogen and oxygen atoms in total. The lowest BCUT2D eigenvalue weighted by Crippen LogP contribution is -2.04. The lowest BCUT2D eigenvalue weighted by atomic mass is 10.2. The highest BCUT2D eigenvalue weighted by atomic mass is 16.5. The minimum atomic E-state index is -0.378. The zero-order valence-corrected chi connectivity index (χ0v) is 11.0. The van der Waals surface area contributed by atoms with Crippen LogP contribution in [0.2, 0.25) is 0 Å². The van der Waals surface area contributed by atoms with Crippen molar-refractivity contribution >= 4 is 5.97 Å². The number of aryl methyl sites for hydroxylation is 1. The van der Waals surface area contributed by atoms with Gasteiger partial charge in [0.15, 0.2) is 5.82 Å². The summed E-state index contributed by atoms with van der Waals surface area (Å²) in [6.07, 6.45) is 6.49. The fourth-order valence-electron chi connectivity index (χ4n) is 1.67. The zero-order valence-electron chi connectivity index (χ0n) is 11.0. The van der Waals surface area contributed by atoms with Crippen LogP contribution in [0.5, 0.6) is 0 Å². The number of aromatic nitrogens is 4. The van der Waals surface area contributed by atoms with Crippen LogP contribution < -0.4 is 0 Å². The maximum Gasteiger partial charge on any atom is 0.341 e. The third kappa shape index (κ3) is 3.15. The van der Waals surface area contributed by atoms with E-state index in [9.17, 15) is 4.79 Å². The fraction of sp³-hybridized carbons (Fsp3) is 0.385. The molecule has 0 saturated carbocycles. The largest absolute Gasteiger partial charge is 0.462 e. The van der Waals surface area contributed by atoms with Crippen molar-refractivity contribution in [3.05, 3.63) is 36.0 Å². The monoisotopic (exact) mass is 260 g/mol. The smallest absolute Gasteiger partial charge is 0.341 e. The molecule has 6 heteroatoms. The minimum Gasteiger partial charge on any atom is -0.462 e.